The molecule has 0 saturated heterocycles. The van der Waals surface area contributed by atoms with Gasteiger partial charge in [0.2, 0.25) is 15.9 Å². The number of nitrogens with zero attached hydrogens (tertiary/aromatic N) is 2. The fraction of sp³-hybridized carbons (Fsp3) is 0.588. The lowest BCUT2D eigenvalue weighted by molar-refractivity contribution is -0.119. The van der Waals surface area contributed by atoms with Crippen LogP contribution in [0.25, 0.3) is 0 Å². The van der Waals surface area contributed by atoms with E-state index in [4.69, 9.17) is 0 Å². The third-order valence-corrected chi connectivity index (χ3v) is 5.68. The van der Waals surface area contributed by atoms with Gasteiger partial charge in [0.15, 0.2) is 0 Å². The van der Waals surface area contributed by atoms with Crippen molar-refractivity contribution in [3.8, 4) is 0 Å². The lowest BCUT2D eigenvalue weighted by Gasteiger charge is -2.33. The second-order valence-corrected chi connectivity index (χ2v) is 9.11. The van der Waals surface area contributed by atoms with Crippen LogP contribution in [0.15, 0.2) is 24.3 Å². The Kier molecular flexibility index (Phi) is 4.87. The van der Waals surface area contributed by atoms with E-state index in [1.807, 2.05) is 52.0 Å². The third kappa shape index (κ3) is 3.93. The summed E-state index contributed by atoms with van der Waals surface area (Å²) in [4.78, 5) is 14.5. The minimum absolute atomic E-state index is 0.0275. The Hall–Kier alpha value is -1.40. The minimum Gasteiger partial charge on any atom is -0.309 e. The van der Waals surface area contributed by atoms with Crippen molar-refractivity contribution in [3.05, 3.63) is 29.8 Å². The van der Waals surface area contributed by atoms with Crippen molar-refractivity contribution in [2.45, 2.75) is 52.1 Å². The number of benzene rings is 1. The molecule has 0 fully saturated rings. The third-order valence-electron chi connectivity index (χ3n) is 4.15. The van der Waals surface area contributed by atoms with Crippen LogP contribution in [0.4, 0.5) is 5.69 Å². The highest BCUT2D eigenvalue weighted by Gasteiger charge is 2.33. The maximum atomic E-state index is 12.7. The first-order valence-corrected chi connectivity index (χ1v) is 9.74. The molecule has 1 unspecified atom stereocenters. The fourth-order valence-corrected chi connectivity index (χ4v) is 4.68. The van der Waals surface area contributed by atoms with E-state index in [0.717, 1.165) is 12.1 Å². The zero-order valence-electron chi connectivity index (χ0n) is 14.5. The number of hydrogen-bond acceptors (Lipinski definition) is 3. The molecule has 1 atom stereocenters. The molecule has 1 aromatic rings. The maximum Gasteiger partial charge on any atom is 0.228 e. The van der Waals surface area contributed by atoms with Crippen LogP contribution in [0.5, 0.6) is 0 Å². The topological polar surface area (TPSA) is 57.7 Å². The molecule has 0 spiro atoms. The van der Waals surface area contributed by atoms with Gasteiger partial charge in [-0.15, -0.1) is 0 Å². The summed E-state index contributed by atoms with van der Waals surface area (Å²) in [6, 6.07) is 8.01. The summed E-state index contributed by atoms with van der Waals surface area (Å²) in [6.07, 6.45) is 2.22. The number of carbonyl (C=O) groups excluding carboxylic acids is 1. The van der Waals surface area contributed by atoms with E-state index in [-0.39, 0.29) is 24.9 Å². The average Bonchev–Trinajstić information content (AvgIpc) is 2.71. The van der Waals surface area contributed by atoms with Gasteiger partial charge in [0.1, 0.15) is 0 Å². The molecule has 0 saturated carbocycles. The molecule has 1 aliphatic rings. The number of amides is 1. The van der Waals surface area contributed by atoms with Crippen LogP contribution in [-0.2, 0) is 21.2 Å². The predicted octanol–water partition coefficient (Wildman–Crippen LogP) is 2.41. The van der Waals surface area contributed by atoms with Crippen LogP contribution < -0.4 is 4.90 Å². The Morgan fingerprint density at radius 3 is 2.48 bits per heavy atom. The number of anilines is 1. The van der Waals surface area contributed by atoms with Crippen molar-refractivity contribution < 1.29 is 13.2 Å². The van der Waals surface area contributed by atoms with E-state index in [0.29, 0.717) is 0 Å². The van der Waals surface area contributed by atoms with Crippen molar-refractivity contribution in [2.24, 2.45) is 0 Å². The predicted molar refractivity (Wildman–Crippen MR) is 93.0 cm³/mol. The van der Waals surface area contributed by atoms with Crippen molar-refractivity contribution in [1.82, 2.24) is 4.31 Å². The van der Waals surface area contributed by atoms with Gasteiger partial charge < -0.3 is 4.90 Å². The van der Waals surface area contributed by atoms with Gasteiger partial charge in [-0.05, 0) is 45.7 Å². The molecule has 0 aliphatic carbocycles. The Morgan fingerprint density at radius 2 is 1.91 bits per heavy atom. The molecule has 1 heterocycles. The molecule has 5 nitrogen and oxygen atoms in total. The number of fused-ring (bicyclic) bond motifs is 1. The van der Waals surface area contributed by atoms with E-state index < -0.39 is 15.6 Å². The van der Waals surface area contributed by atoms with Crippen LogP contribution in [0.1, 0.15) is 39.7 Å². The summed E-state index contributed by atoms with van der Waals surface area (Å²) in [5.41, 5.74) is 1.58. The van der Waals surface area contributed by atoms with Crippen LogP contribution in [0, 0.1) is 0 Å². The molecule has 6 heteroatoms. The first-order chi connectivity index (χ1) is 10.5. The molecular weight excluding hydrogens is 312 g/mol. The summed E-state index contributed by atoms with van der Waals surface area (Å²) in [7, 11) is -3.35. The number of carbonyl (C=O) groups is 1. The zero-order chi connectivity index (χ0) is 17.4. The normalized spacial score (nSPS) is 18.3. The zero-order valence-corrected chi connectivity index (χ0v) is 15.4. The quantitative estimate of drug-likeness (QED) is 0.847. The second-order valence-electron chi connectivity index (χ2n) is 7.20. The van der Waals surface area contributed by atoms with Crippen molar-refractivity contribution in [1.29, 1.82) is 0 Å². The SMILES string of the molecule is CC1Cc2ccccc2N1C(=O)CCN(C(C)(C)C)S(C)(=O)=O. The Labute approximate surface area is 139 Å². The standard InChI is InChI=1S/C17H26N2O3S/c1-13-12-14-8-6-7-9-15(14)19(13)16(20)10-11-18(17(2,3)4)23(5,21)22/h6-9,13H,10-12H2,1-5H3. The first-order valence-electron chi connectivity index (χ1n) is 7.89. The molecular formula is C17H26N2O3S. The van der Waals surface area contributed by atoms with Gasteiger partial charge in [0.25, 0.3) is 0 Å². The van der Waals surface area contributed by atoms with Crippen molar-refractivity contribution in [3.63, 3.8) is 0 Å². The maximum absolute atomic E-state index is 12.7. The smallest absolute Gasteiger partial charge is 0.228 e. The molecule has 0 bridgehead atoms. The minimum atomic E-state index is -3.35. The summed E-state index contributed by atoms with van der Waals surface area (Å²) in [5, 5.41) is 0. The van der Waals surface area contributed by atoms with E-state index in [1.165, 1.54) is 16.1 Å². The second kappa shape index (κ2) is 6.24. The van der Waals surface area contributed by atoms with Gasteiger partial charge in [0, 0.05) is 30.2 Å². The van der Waals surface area contributed by atoms with Crippen LogP contribution >= 0.6 is 0 Å². The van der Waals surface area contributed by atoms with Crippen molar-refractivity contribution >= 4 is 21.6 Å². The molecule has 1 aliphatic heterocycles. The van der Waals surface area contributed by atoms with Crippen LogP contribution in [0.2, 0.25) is 0 Å². The molecule has 0 aromatic heterocycles. The highest BCUT2D eigenvalue weighted by molar-refractivity contribution is 7.88. The number of sulfonamides is 1. The molecule has 1 amide bonds. The van der Waals surface area contributed by atoms with Gasteiger partial charge in [-0.2, -0.15) is 4.31 Å². The number of hydrogen-bond donors (Lipinski definition) is 0. The summed E-state index contributed by atoms with van der Waals surface area (Å²) < 4.78 is 25.3. The van der Waals surface area contributed by atoms with E-state index in [2.05, 4.69) is 0 Å². The summed E-state index contributed by atoms with van der Waals surface area (Å²) >= 11 is 0. The van der Waals surface area contributed by atoms with Crippen LogP contribution in [-0.4, -0.2) is 43.0 Å². The number of para-hydroxylation sites is 1. The molecule has 1 aromatic carbocycles. The van der Waals surface area contributed by atoms with Gasteiger partial charge in [0.05, 0.1) is 6.26 Å². The summed E-state index contributed by atoms with van der Waals surface area (Å²) in [6.45, 7) is 7.74. The lowest BCUT2D eigenvalue weighted by atomic mass is 10.1. The highest BCUT2D eigenvalue weighted by Crippen LogP contribution is 2.32. The first kappa shape index (κ1) is 17.9. The Morgan fingerprint density at radius 1 is 1.30 bits per heavy atom. The molecule has 0 radical (unpaired) electrons. The lowest BCUT2D eigenvalue weighted by Crippen LogP contribution is -2.47. The monoisotopic (exact) mass is 338 g/mol. The van der Waals surface area contributed by atoms with Gasteiger partial charge in [-0.3, -0.25) is 4.79 Å². The molecule has 0 N–H and O–H groups in total. The molecule has 23 heavy (non-hydrogen) atoms. The van der Waals surface area contributed by atoms with Gasteiger partial charge in [-0.1, -0.05) is 18.2 Å². The van der Waals surface area contributed by atoms with Gasteiger partial charge >= 0.3 is 0 Å². The van der Waals surface area contributed by atoms with E-state index >= 15 is 0 Å². The summed E-state index contributed by atoms with van der Waals surface area (Å²) in [5.74, 6) is -0.0275. The van der Waals surface area contributed by atoms with Crippen molar-refractivity contribution in [2.75, 3.05) is 17.7 Å². The fourth-order valence-electron chi connectivity index (χ4n) is 3.26. The van der Waals surface area contributed by atoms with Crippen LogP contribution in [0.3, 0.4) is 0 Å². The van der Waals surface area contributed by atoms with E-state index in [9.17, 15) is 13.2 Å². The average molecular weight is 338 g/mol. The molecule has 2 rings (SSSR count). The number of rotatable bonds is 4. The largest absolute Gasteiger partial charge is 0.309 e. The van der Waals surface area contributed by atoms with E-state index in [1.54, 1.807) is 4.90 Å². The Balaban J connectivity index is 2.14. The Bertz CT molecular complexity index is 692. The molecule has 128 valence electrons. The highest BCUT2D eigenvalue weighted by atomic mass is 32.2. The van der Waals surface area contributed by atoms with Gasteiger partial charge in [-0.25, -0.2) is 8.42 Å².